The van der Waals surface area contributed by atoms with Crippen LogP contribution in [0, 0.1) is 6.92 Å². The lowest BCUT2D eigenvalue weighted by atomic mass is 10.2. The van der Waals surface area contributed by atoms with E-state index in [1.54, 1.807) is 4.88 Å². The van der Waals surface area contributed by atoms with Gasteiger partial charge in [-0.05, 0) is 35.4 Å². The van der Waals surface area contributed by atoms with Gasteiger partial charge >= 0.3 is 0 Å². The summed E-state index contributed by atoms with van der Waals surface area (Å²) in [5, 5.41) is 2.36. The molecule has 0 aromatic carbocycles. The van der Waals surface area contributed by atoms with Crippen molar-refractivity contribution in [3.05, 3.63) is 22.4 Å². The quantitative estimate of drug-likeness (QED) is 0.555. The summed E-state index contributed by atoms with van der Waals surface area (Å²) >= 11 is 0. The van der Waals surface area contributed by atoms with E-state index in [-0.39, 0.29) is 17.0 Å². The largest absolute Gasteiger partial charge is 1.00 e. The third-order valence-corrected chi connectivity index (χ3v) is 4.38. The summed E-state index contributed by atoms with van der Waals surface area (Å²) in [6, 6.07) is 4.46. The molecule has 1 aromatic rings. The fraction of sp³-hybridized carbons (Fsp3) is 0.636. The first kappa shape index (κ1) is 13.2. The fourth-order valence-electron chi connectivity index (χ4n) is 1.38. The highest BCUT2D eigenvalue weighted by Crippen LogP contribution is 2.26. The Labute approximate surface area is 95.1 Å². The molecule has 1 rings (SSSR count). The fourth-order valence-corrected chi connectivity index (χ4v) is 3.09. The number of halogens is 1. The van der Waals surface area contributed by atoms with E-state index in [2.05, 4.69) is 31.4 Å². The van der Waals surface area contributed by atoms with Gasteiger partial charge in [-0.25, -0.2) is 0 Å². The molecule has 0 aliphatic carbocycles. The Morgan fingerprint density at radius 3 is 2.54 bits per heavy atom. The van der Waals surface area contributed by atoms with Crippen molar-refractivity contribution in [1.29, 1.82) is 0 Å². The minimum absolute atomic E-state index is 0. The van der Waals surface area contributed by atoms with E-state index in [1.807, 2.05) is 0 Å². The molecule has 76 valence electrons. The Hall–Kier alpha value is 0.180. The van der Waals surface area contributed by atoms with Crippen molar-refractivity contribution in [2.75, 3.05) is 0 Å². The Kier molecular flexibility index (Phi) is 7.68. The minimum Gasteiger partial charge on any atom is -1.00 e. The number of hydrogen-bond donors (Lipinski definition) is 0. The Balaban J connectivity index is 0.00000144. The molecular formula is C11H19BrS. The lowest BCUT2D eigenvalue weighted by molar-refractivity contribution is -0.00000264. The predicted octanol–water partition coefficient (Wildman–Crippen LogP) is 1.33. The number of hydrogen-bond acceptors (Lipinski definition) is 0. The van der Waals surface area contributed by atoms with Gasteiger partial charge in [0.2, 0.25) is 0 Å². The van der Waals surface area contributed by atoms with Gasteiger partial charge in [0.25, 0.3) is 0 Å². The van der Waals surface area contributed by atoms with Crippen molar-refractivity contribution in [2.45, 2.75) is 45.3 Å². The first-order valence-corrected chi connectivity index (χ1v) is 6.35. The van der Waals surface area contributed by atoms with Crippen LogP contribution in [-0.4, -0.2) is 0 Å². The van der Waals surface area contributed by atoms with E-state index >= 15 is 0 Å². The third kappa shape index (κ3) is 4.82. The summed E-state index contributed by atoms with van der Waals surface area (Å²) in [5.74, 6) is 1.39. The highest BCUT2D eigenvalue weighted by atomic mass is 79.9. The molecule has 0 N–H and O–H groups in total. The maximum Gasteiger partial charge on any atom is 0.147 e. The summed E-state index contributed by atoms with van der Waals surface area (Å²) in [6.07, 6.45) is 5.58. The summed E-state index contributed by atoms with van der Waals surface area (Å²) < 4.78 is 0. The number of thiophene rings is 1. The SMILES string of the molecule is CCCCCC[s+]1cccc1C.[Br-]. The molecule has 0 fully saturated rings. The van der Waals surface area contributed by atoms with Crippen molar-refractivity contribution in [3.63, 3.8) is 0 Å². The molecule has 0 bridgehead atoms. The lowest BCUT2D eigenvalue weighted by Gasteiger charge is -1.93. The van der Waals surface area contributed by atoms with Crippen LogP contribution in [0.3, 0.4) is 0 Å². The zero-order valence-electron chi connectivity index (χ0n) is 8.55. The monoisotopic (exact) mass is 262 g/mol. The van der Waals surface area contributed by atoms with Gasteiger partial charge in [0, 0.05) is 6.92 Å². The van der Waals surface area contributed by atoms with Gasteiger partial charge in [-0.3, -0.25) is 0 Å². The summed E-state index contributed by atoms with van der Waals surface area (Å²) in [6.45, 7) is 4.52. The molecule has 13 heavy (non-hydrogen) atoms. The maximum absolute atomic E-state index is 2.36. The van der Waals surface area contributed by atoms with Crippen LogP contribution in [0.4, 0.5) is 0 Å². The van der Waals surface area contributed by atoms with Gasteiger partial charge in [0.05, 0.1) is 0 Å². The highest BCUT2D eigenvalue weighted by molar-refractivity contribution is 7.29. The number of aryl methyl sites for hydroxylation is 2. The molecule has 0 radical (unpaired) electrons. The number of unbranched alkanes of at least 4 members (excludes halogenated alkanes) is 3. The molecule has 0 spiro atoms. The van der Waals surface area contributed by atoms with Crippen molar-refractivity contribution >= 4 is 10.5 Å². The molecule has 0 aliphatic rings. The molecule has 0 amide bonds. The second kappa shape index (κ2) is 7.57. The molecular weight excluding hydrogens is 244 g/mol. The van der Waals surface area contributed by atoms with Crippen LogP contribution in [0.5, 0.6) is 0 Å². The van der Waals surface area contributed by atoms with Crippen LogP contribution < -0.4 is 17.0 Å². The lowest BCUT2D eigenvalue weighted by Crippen LogP contribution is -3.00. The molecule has 0 saturated heterocycles. The molecule has 1 aromatic heterocycles. The summed E-state index contributed by atoms with van der Waals surface area (Å²) in [5.41, 5.74) is 0. The zero-order valence-corrected chi connectivity index (χ0v) is 11.0. The predicted molar refractivity (Wildman–Crippen MR) is 57.8 cm³/mol. The van der Waals surface area contributed by atoms with Crippen LogP contribution in [0.2, 0.25) is 0 Å². The van der Waals surface area contributed by atoms with Crippen LogP contribution >= 0.6 is 10.5 Å². The van der Waals surface area contributed by atoms with E-state index in [1.165, 1.54) is 31.4 Å². The van der Waals surface area contributed by atoms with E-state index < -0.39 is 0 Å². The molecule has 1 heterocycles. The van der Waals surface area contributed by atoms with E-state index in [0.29, 0.717) is 10.5 Å². The normalized spacial score (nSPS) is 11.1. The Bertz CT molecular complexity index is 218. The Morgan fingerprint density at radius 2 is 2.00 bits per heavy atom. The zero-order chi connectivity index (χ0) is 8.81. The minimum atomic E-state index is 0. The second-order valence-corrected chi connectivity index (χ2v) is 5.48. The molecule has 2 heteroatoms. The molecule has 0 aliphatic heterocycles. The van der Waals surface area contributed by atoms with Crippen LogP contribution in [0.1, 0.15) is 37.5 Å². The van der Waals surface area contributed by atoms with E-state index in [9.17, 15) is 0 Å². The summed E-state index contributed by atoms with van der Waals surface area (Å²) in [7, 11) is 0.505. The van der Waals surface area contributed by atoms with E-state index in [0.717, 1.165) is 0 Å². The molecule has 0 nitrogen and oxygen atoms in total. The average Bonchev–Trinajstić information content (AvgIpc) is 2.46. The standard InChI is InChI=1S/C11H19S.BrH/c1-3-4-5-6-9-12-10-7-8-11(12)2;/h7-8,10H,3-6,9H2,1-2H3;1H/q+1;/p-1. The Morgan fingerprint density at radius 1 is 1.23 bits per heavy atom. The second-order valence-electron chi connectivity index (χ2n) is 3.30. The van der Waals surface area contributed by atoms with E-state index in [4.69, 9.17) is 0 Å². The van der Waals surface area contributed by atoms with Crippen molar-refractivity contribution in [2.24, 2.45) is 0 Å². The average molecular weight is 263 g/mol. The van der Waals surface area contributed by atoms with Crippen LogP contribution in [-0.2, 0) is 5.75 Å². The van der Waals surface area contributed by atoms with Crippen LogP contribution in [0.25, 0.3) is 0 Å². The van der Waals surface area contributed by atoms with Crippen molar-refractivity contribution in [1.82, 2.24) is 0 Å². The topological polar surface area (TPSA) is 0 Å². The van der Waals surface area contributed by atoms with Crippen molar-refractivity contribution in [3.8, 4) is 0 Å². The van der Waals surface area contributed by atoms with Gasteiger partial charge < -0.3 is 17.0 Å². The van der Waals surface area contributed by atoms with Gasteiger partial charge in [-0.2, -0.15) is 0 Å². The highest BCUT2D eigenvalue weighted by Gasteiger charge is 2.06. The smallest absolute Gasteiger partial charge is 0.147 e. The van der Waals surface area contributed by atoms with Gasteiger partial charge in [0.1, 0.15) is 16.0 Å². The van der Waals surface area contributed by atoms with Gasteiger partial charge in [-0.15, -0.1) is 0 Å². The molecule has 0 saturated carbocycles. The molecule has 1 atom stereocenters. The summed E-state index contributed by atoms with van der Waals surface area (Å²) in [4.78, 5) is 1.58. The van der Waals surface area contributed by atoms with Gasteiger partial charge in [-0.1, -0.05) is 19.8 Å². The third-order valence-electron chi connectivity index (χ3n) is 2.21. The first-order valence-electron chi connectivity index (χ1n) is 4.89. The van der Waals surface area contributed by atoms with Gasteiger partial charge in [0.15, 0.2) is 0 Å². The first-order chi connectivity index (χ1) is 5.84. The maximum atomic E-state index is 2.36. The molecule has 1 unspecified atom stereocenters. The van der Waals surface area contributed by atoms with Crippen LogP contribution in [0.15, 0.2) is 17.5 Å². The number of rotatable bonds is 5. The van der Waals surface area contributed by atoms with Crippen molar-refractivity contribution < 1.29 is 17.0 Å².